The summed E-state index contributed by atoms with van der Waals surface area (Å²) in [5, 5.41) is 0. The Morgan fingerprint density at radius 3 is 3.13 bits per heavy atom. The first-order chi connectivity index (χ1) is 7.22. The van der Waals surface area contributed by atoms with Gasteiger partial charge in [0.2, 0.25) is 0 Å². The molecule has 0 saturated carbocycles. The third-order valence-corrected chi connectivity index (χ3v) is 2.22. The largest absolute Gasteiger partial charge is 0.460 e. The standard InChI is InChI=1S/C11H18O4/c1-3-11(12)15-7-9(2)14-8-10-5-4-6-13-10/h3,9-10H,1,4-8H2,2H3/t9-,10?/m0/s1. The quantitative estimate of drug-likeness (QED) is 0.494. The van der Waals surface area contributed by atoms with Gasteiger partial charge in [0.1, 0.15) is 6.61 Å². The van der Waals surface area contributed by atoms with E-state index in [2.05, 4.69) is 6.58 Å². The van der Waals surface area contributed by atoms with Gasteiger partial charge in [-0.25, -0.2) is 4.79 Å². The summed E-state index contributed by atoms with van der Waals surface area (Å²) in [5.74, 6) is -0.414. The van der Waals surface area contributed by atoms with Gasteiger partial charge in [-0.3, -0.25) is 0 Å². The Morgan fingerprint density at radius 2 is 2.53 bits per heavy atom. The molecule has 1 heterocycles. The Morgan fingerprint density at radius 1 is 1.73 bits per heavy atom. The van der Waals surface area contributed by atoms with Crippen LogP contribution in [-0.2, 0) is 19.0 Å². The molecule has 0 aliphatic carbocycles. The van der Waals surface area contributed by atoms with Crippen molar-refractivity contribution < 1.29 is 19.0 Å². The molecule has 0 radical (unpaired) electrons. The molecule has 1 aliphatic rings. The molecule has 0 aromatic carbocycles. The summed E-state index contributed by atoms with van der Waals surface area (Å²) in [4.78, 5) is 10.8. The minimum Gasteiger partial charge on any atom is -0.460 e. The fraction of sp³-hybridized carbons (Fsp3) is 0.727. The van der Waals surface area contributed by atoms with E-state index in [4.69, 9.17) is 14.2 Å². The van der Waals surface area contributed by atoms with Crippen molar-refractivity contribution in [1.82, 2.24) is 0 Å². The normalized spacial score (nSPS) is 22.3. The summed E-state index contributed by atoms with van der Waals surface area (Å²) in [5.41, 5.74) is 0. The Bertz CT molecular complexity index is 209. The lowest BCUT2D eigenvalue weighted by atomic mass is 10.2. The summed E-state index contributed by atoms with van der Waals surface area (Å²) >= 11 is 0. The molecule has 0 N–H and O–H groups in total. The maximum atomic E-state index is 10.8. The van der Waals surface area contributed by atoms with Crippen LogP contribution in [0.15, 0.2) is 12.7 Å². The Kier molecular flexibility index (Phi) is 5.36. The zero-order valence-electron chi connectivity index (χ0n) is 9.11. The zero-order valence-corrected chi connectivity index (χ0v) is 9.11. The number of esters is 1. The Labute approximate surface area is 90.2 Å². The van der Waals surface area contributed by atoms with E-state index in [1.807, 2.05) is 6.92 Å². The van der Waals surface area contributed by atoms with E-state index in [0.29, 0.717) is 6.61 Å². The van der Waals surface area contributed by atoms with Gasteiger partial charge in [0.15, 0.2) is 0 Å². The van der Waals surface area contributed by atoms with E-state index >= 15 is 0 Å². The topological polar surface area (TPSA) is 44.8 Å². The van der Waals surface area contributed by atoms with Crippen LogP contribution >= 0.6 is 0 Å². The summed E-state index contributed by atoms with van der Waals surface area (Å²) in [7, 11) is 0. The van der Waals surface area contributed by atoms with Crippen LogP contribution in [0.1, 0.15) is 19.8 Å². The maximum absolute atomic E-state index is 10.8. The Hall–Kier alpha value is -0.870. The van der Waals surface area contributed by atoms with Crippen molar-refractivity contribution in [2.75, 3.05) is 19.8 Å². The van der Waals surface area contributed by atoms with E-state index in [-0.39, 0.29) is 18.8 Å². The van der Waals surface area contributed by atoms with Gasteiger partial charge in [0.05, 0.1) is 18.8 Å². The molecule has 0 spiro atoms. The first-order valence-electron chi connectivity index (χ1n) is 5.24. The van der Waals surface area contributed by atoms with Crippen LogP contribution in [0.5, 0.6) is 0 Å². The second-order valence-corrected chi connectivity index (χ2v) is 3.61. The number of carbonyl (C=O) groups excluding carboxylic acids is 1. The van der Waals surface area contributed by atoms with Gasteiger partial charge in [0, 0.05) is 12.7 Å². The lowest BCUT2D eigenvalue weighted by molar-refractivity contribution is -0.142. The van der Waals surface area contributed by atoms with E-state index in [1.165, 1.54) is 0 Å². The third kappa shape index (κ3) is 4.95. The summed E-state index contributed by atoms with van der Waals surface area (Å²) < 4.78 is 15.7. The molecular formula is C11H18O4. The van der Waals surface area contributed by atoms with Crippen LogP contribution in [0, 0.1) is 0 Å². The smallest absolute Gasteiger partial charge is 0.330 e. The first kappa shape index (κ1) is 12.2. The monoisotopic (exact) mass is 214 g/mol. The number of hydrogen-bond donors (Lipinski definition) is 0. The fourth-order valence-corrected chi connectivity index (χ4v) is 1.35. The third-order valence-electron chi connectivity index (χ3n) is 2.22. The minimum absolute atomic E-state index is 0.0990. The molecule has 0 amide bonds. The van der Waals surface area contributed by atoms with Crippen molar-refractivity contribution in [2.24, 2.45) is 0 Å². The number of carbonyl (C=O) groups is 1. The van der Waals surface area contributed by atoms with Crippen LogP contribution in [0.4, 0.5) is 0 Å². The van der Waals surface area contributed by atoms with Crippen molar-refractivity contribution in [3.05, 3.63) is 12.7 Å². The second kappa shape index (κ2) is 6.58. The summed E-state index contributed by atoms with van der Waals surface area (Å²) in [6, 6.07) is 0. The van der Waals surface area contributed by atoms with Gasteiger partial charge in [-0.2, -0.15) is 0 Å². The number of hydrogen-bond acceptors (Lipinski definition) is 4. The highest BCUT2D eigenvalue weighted by atomic mass is 16.6. The van der Waals surface area contributed by atoms with Gasteiger partial charge in [-0.15, -0.1) is 0 Å². The van der Waals surface area contributed by atoms with Crippen LogP contribution in [0.3, 0.4) is 0 Å². The van der Waals surface area contributed by atoms with Crippen molar-refractivity contribution in [2.45, 2.75) is 32.0 Å². The highest BCUT2D eigenvalue weighted by Crippen LogP contribution is 2.12. The van der Waals surface area contributed by atoms with Crippen LogP contribution in [-0.4, -0.2) is 38.0 Å². The maximum Gasteiger partial charge on any atom is 0.330 e. The molecule has 15 heavy (non-hydrogen) atoms. The molecule has 2 atom stereocenters. The van der Waals surface area contributed by atoms with Crippen LogP contribution in [0.2, 0.25) is 0 Å². The molecule has 1 aliphatic heterocycles. The summed E-state index contributed by atoms with van der Waals surface area (Å²) in [6.45, 7) is 6.84. The fourth-order valence-electron chi connectivity index (χ4n) is 1.35. The molecule has 0 bridgehead atoms. The van der Waals surface area contributed by atoms with Crippen LogP contribution < -0.4 is 0 Å². The minimum atomic E-state index is -0.414. The van der Waals surface area contributed by atoms with E-state index in [0.717, 1.165) is 25.5 Å². The van der Waals surface area contributed by atoms with Gasteiger partial charge in [0.25, 0.3) is 0 Å². The van der Waals surface area contributed by atoms with Gasteiger partial charge < -0.3 is 14.2 Å². The molecule has 1 saturated heterocycles. The van der Waals surface area contributed by atoms with Crippen molar-refractivity contribution in [1.29, 1.82) is 0 Å². The van der Waals surface area contributed by atoms with Crippen molar-refractivity contribution in [3.8, 4) is 0 Å². The predicted molar refractivity (Wildman–Crippen MR) is 55.5 cm³/mol. The van der Waals surface area contributed by atoms with Gasteiger partial charge in [-0.05, 0) is 19.8 Å². The molecule has 1 unspecified atom stereocenters. The average Bonchev–Trinajstić information content (AvgIpc) is 2.75. The molecule has 0 aromatic rings. The van der Waals surface area contributed by atoms with Gasteiger partial charge in [-0.1, -0.05) is 6.58 Å². The van der Waals surface area contributed by atoms with Gasteiger partial charge >= 0.3 is 5.97 Å². The Balaban J connectivity index is 2.04. The highest BCUT2D eigenvalue weighted by Gasteiger charge is 2.17. The molecule has 1 rings (SSSR count). The molecular weight excluding hydrogens is 196 g/mol. The second-order valence-electron chi connectivity index (χ2n) is 3.61. The first-order valence-corrected chi connectivity index (χ1v) is 5.24. The molecule has 0 aromatic heterocycles. The van der Waals surface area contributed by atoms with E-state index in [1.54, 1.807) is 0 Å². The zero-order chi connectivity index (χ0) is 11.1. The molecule has 1 fully saturated rings. The number of rotatable bonds is 6. The average molecular weight is 214 g/mol. The van der Waals surface area contributed by atoms with Crippen molar-refractivity contribution in [3.63, 3.8) is 0 Å². The molecule has 4 nitrogen and oxygen atoms in total. The lowest BCUT2D eigenvalue weighted by Gasteiger charge is -2.15. The predicted octanol–water partition coefficient (Wildman–Crippen LogP) is 1.30. The highest BCUT2D eigenvalue weighted by molar-refractivity contribution is 5.81. The van der Waals surface area contributed by atoms with Crippen LogP contribution in [0.25, 0.3) is 0 Å². The molecule has 86 valence electrons. The van der Waals surface area contributed by atoms with Crippen molar-refractivity contribution >= 4 is 5.97 Å². The summed E-state index contributed by atoms with van der Waals surface area (Å²) in [6.07, 6.45) is 3.42. The SMILES string of the molecule is C=CC(=O)OC[C@H](C)OCC1CCCO1. The van der Waals surface area contributed by atoms with E-state index < -0.39 is 5.97 Å². The van der Waals surface area contributed by atoms with E-state index in [9.17, 15) is 4.79 Å². The molecule has 4 heteroatoms. The number of ether oxygens (including phenoxy) is 3. The lowest BCUT2D eigenvalue weighted by Crippen LogP contribution is -2.23.